The zero-order chi connectivity index (χ0) is 15.7. The highest BCUT2D eigenvalue weighted by atomic mass is 17.2. The fourth-order valence-electron chi connectivity index (χ4n) is 2.07. The van der Waals surface area contributed by atoms with Gasteiger partial charge in [-0.3, -0.25) is 0 Å². The molecule has 0 atom stereocenters. The van der Waals surface area contributed by atoms with Crippen molar-refractivity contribution in [2.75, 3.05) is 0 Å². The van der Waals surface area contributed by atoms with Crippen LogP contribution in [0.1, 0.15) is 11.1 Å². The SMILES string of the molecule is c1ccc(COOc2ccc(OCc3ccccc3)cc2)cc1. The molecule has 3 nitrogen and oxygen atoms in total. The van der Waals surface area contributed by atoms with Crippen molar-refractivity contribution < 1.29 is 14.5 Å². The van der Waals surface area contributed by atoms with E-state index < -0.39 is 0 Å². The second-order valence-corrected chi connectivity index (χ2v) is 5.08. The third kappa shape index (κ3) is 4.87. The Labute approximate surface area is 136 Å². The first kappa shape index (κ1) is 15.1. The van der Waals surface area contributed by atoms with Gasteiger partial charge in [-0.15, -0.1) is 0 Å². The fraction of sp³-hybridized carbons (Fsp3) is 0.100. The quantitative estimate of drug-likeness (QED) is 0.464. The minimum atomic E-state index is 0.410. The summed E-state index contributed by atoms with van der Waals surface area (Å²) in [5.74, 6) is 1.44. The Morgan fingerprint density at radius 2 is 1.04 bits per heavy atom. The normalized spacial score (nSPS) is 10.3. The Kier molecular flexibility index (Phi) is 5.27. The molecule has 0 N–H and O–H groups in total. The molecule has 0 heterocycles. The van der Waals surface area contributed by atoms with Crippen LogP contribution >= 0.6 is 0 Å². The molecule has 0 bridgehead atoms. The van der Waals surface area contributed by atoms with Crippen molar-refractivity contribution in [1.29, 1.82) is 0 Å². The van der Waals surface area contributed by atoms with Crippen LogP contribution in [-0.2, 0) is 18.1 Å². The van der Waals surface area contributed by atoms with Crippen molar-refractivity contribution in [3.8, 4) is 11.5 Å². The summed E-state index contributed by atoms with van der Waals surface area (Å²) in [5.41, 5.74) is 2.20. The predicted octanol–water partition coefficient (Wildman–Crippen LogP) is 4.78. The highest BCUT2D eigenvalue weighted by molar-refractivity contribution is 5.31. The molecule has 3 aromatic carbocycles. The van der Waals surface area contributed by atoms with Crippen molar-refractivity contribution in [2.24, 2.45) is 0 Å². The summed E-state index contributed by atoms with van der Waals surface area (Å²) in [6.45, 7) is 0.957. The van der Waals surface area contributed by atoms with Crippen LogP contribution in [0.3, 0.4) is 0 Å². The van der Waals surface area contributed by atoms with Crippen LogP contribution in [0.5, 0.6) is 11.5 Å². The van der Waals surface area contributed by atoms with Crippen LogP contribution in [0.2, 0.25) is 0 Å². The van der Waals surface area contributed by atoms with E-state index in [0.29, 0.717) is 19.0 Å². The van der Waals surface area contributed by atoms with Gasteiger partial charge in [-0.05, 0) is 35.4 Å². The lowest BCUT2D eigenvalue weighted by Crippen LogP contribution is -1.98. The largest absolute Gasteiger partial charge is 0.489 e. The zero-order valence-corrected chi connectivity index (χ0v) is 12.7. The van der Waals surface area contributed by atoms with E-state index in [0.717, 1.165) is 16.9 Å². The van der Waals surface area contributed by atoms with Crippen LogP contribution in [0.25, 0.3) is 0 Å². The molecular weight excluding hydrogens is 288 g/mol. The summed E-state index contributed by atoms with van der Waals surface area (Å²) in [7, 11) is 0. The summed E-state index contributed by atoms with van der Waals surface area (Å²) in [5, 5.41) is 0. The Morgan fingerprint density at radius 1 is 0.522 bits per heavy atom. The molecule has 0 unspecified atom stereocenters. The minimum Gasteiger partial charge on any atom is -0.489 e. The topological polar surface area (TPSA) is 27.7 Å². The van der Waals surface area contributed by atoms with Gasteiger partial charge in [0.05, 0.1) is 0 Å². The Balaban J connectivity index is 1.45. The van der Waals surface area contributed by atoms with Gasteiger partial charge in [0.15, 0.2) is 5.75 Å². The number of benzene rings is 3. The molecular formula is C20H18O3. The van der Waals surface area contributed by atoms with E-state index in [4.69, 9.17) is 14.5 Å². The van der Waals surface area contributed by atoms with E-state index in [1.54, 1.807) is 0 Å². The Bertz CT molecular complexity index is 694. The molecule has 0 spiro atoms. The number of ether oxygens (including phenoxy) is 1. The van der Waals surface area contributed by atoms with E-state index in [1.165, 1.54) is 0 Å². The number of rotatable bonds is 7. The van der Waals surface area contributed by atoms with Gasteiger partial charge in [-0.1, -0.05) is 60.7 Å². The lowest BCUT2D eigenvalue weighted by atomic mass is 10.2. The van der Waals surface area contributed by atoms with Gasteiger partial charge in [-0.2, -0.15) is 4.89 Å². The molecule has 0 radical (unpaired) electrons. The monoisotopic (exact) mass is 306 g/mol. The van der Waals surface area contributed by atoms with Gasteiger partial charge in [0.1, 0.15) is 19.0 Å². The van der Waals surface area contributed by atoms with Crippen molar-refractivity contribution in [2.45, 2.75) is 13.2 Å². The van der Waals surface area contributed by atoms with Gasteiger partial charge < -0.3 is 9.62 Å². The molecule has 23 heavy (non-hydrogen) atoms. The van der Waals surface area contributed by atoms with Gasteiger partial charge >= 0.3 is 0 Å². The average Bonchev–Trinajstić information content (AvgIpc) is 2.63. The number of hydrogen-bond acceptors (Lipinski definition) is 3. The third-order valence-electron chi connectivity index (χ3n) is 3.30. The van der Waals surface area contributed by atoms with Crippen molar-refractivity contribution in [3.05, 3.63) is 96.1 Å². The van der Waals surface area contributed by atoms with Gasteiger partial charge in [0.25, 0.3) is 0 Å². The molecule has 3 heteroatoms. The molecule has 0 aliphatic carbocycles. The van der Waals surface area contributed by atoms with Gasteiger partial charge in [0.2, 0.25) is 0 Å². The zero-order valence-electron chi connectivity index (χ0n) is 12.7. The molecule has 0 saturated carbocycles. The smallest absolute Gasteiger partial charge is 0.165 e. The third-order valence-corrected chi connectivity index (χ3v) is 3.30. The highest BCUT2D eigenvalue weighted by Crippen LogP contribution is 2.19. The summed E-state index contributed by atoms with van der Waals surface area (Å²) in [4.78, 5) is 10.5. The minimum absolute atomic E-state index is 0.410. The van der Waals surface area contributed by atoms with Crippen molar-refractivity contribution in [1.82, 2.24) is 0 Å². The van der Waals surface area contributed by atoms with Gasteiger partial charge in [-0.25, -0.2) is 0 Å². The maximum atomic E-state index is 5.72. The van der Waals surface area contributed by atoms with Crippen LogP contribution < -0.4 is 9.62 Å². The summed E-state index contributed by atoms with van der Waals surface area (Å²) < 4.78 is 5.72. The maximum Gasteiger partial charge on any atom is 0.165 e. The van der Waals surface area contributed by atoms with Crippen LogP contribution in [0.15, 0.2) is 84.9 Å². The molecule has 0 amide bonds. The second kappa shape index (κ2) is 8.01. The molecule has 0 saturated heterocycles. The average molecular weight is 306 g/mol. The molecule has 3 aromatic rings. The summed E-state index contributed by atoms with van der Waals surface area (Å²) in [6, 6.07) is 27.3. The van der Waals surface area contributed by atoms with E-state index >= 15 is 0 Å². The first-order chi connectivity index (χ1) is 11.4. The molecule has 3 rings (SSSR count). The molecule has 0 fully saturated rings. The predicted molar refractivity (Wildman–Crippen MR) is 89.1 cm³/mol. The van der Waals surface area contributed by atoms with Crippen LogP contribution in [-0.4, -0.2) is 0 Å². The van der Waals surface area contributed by atoms with E-state index in [9.17, 15) is 0 Å². The van der Waals surface area contributed by atoms with Crippen molar-refractivity contribution >= 4 is 0 Å². The fourth-order valence-corrected chi connectivity index (χ4v) is 2.07. The molecule has 0 aromatic heterocycles. The van der Waals surface area contributed by atoms with E-state index in [-0.39, 0.29) is 0 Å². The van der Waals surface area contributed by atoms with Gasteiger partial charge in [0, 0.05) is 0 Å². The number of hydrogen-bond donors (Lipinski definition) is 0. The Hall–Kier alpha value is -2.78. The molecule has 0 aliphatic rings. The first-order valence-electron chi connectivity index (χ1n) is 7.50. The molecule has 0 aliphatic heterocycles. The highest BCUT2D eigenvalue weighted by Gasteiger charge is 1.99. The Morgan fingerprint density at radius 3 is 1.65 bits per heavy atom. The van der Waals surface area contributed by atoms with Crippen LogP contribution in [0, 0.1) is 0 Å². The molecule has 116 valence electrons. The lowest BCUT2D eigenvalue weighted by molar-refractivity contribution is -0.217. The maximum absolute atomic E-state index is 5.72. The standard InChI is InChI=1S/C20H18O3/c1-3-7-17(8-4-1)15-21-19-11-13-20(14-12-19)23-22-16-18-9-5-2-6-10-18/h1-14H,15-16H2. The summed E-state index contributed by atoms with van der Waals surface area (Å²) in [6.07, 6.45) is 0. The summed E-state index contributed by atoms with van der Waals surface area (Å²) >= 11 is 0. The van der Waals surface area contributed by atoms with E-state index in [1.807, 2.05) is 84.9 Å². The van der Waals surface area contributed by atoms with Crippen LogP contribution in [0.4, 0.5) is 0 Å². The second-order valence-electron chi connectivity index (χ2n) is 5.08. The first-order valence-corrected chi connectivity index (χ1v) is 7.50. The van der Waals surface area contributed by atoms with E-state index in [2.05, 4.69) is 0 Å². The lowest BCUT2D eigenvalue weighted by Gasteiger charge is -2.08. The van der Waals surface area contributed by atoms with Crippen molar-refractivity contribution in [3.63, 3.8) is 0 Å².